The molecule has 7 nitrogen and oxygen atoms in total. The van der Waals surface area contributed by atoms with Gasteiger partial charge in [0.25, 0.3) is 5.56 Å². The molecule has 1 aliphatic rings. The minimum Gasteiger partial charge on any atom is -0.440 e. The van der Waals surface area contributed by atoms with Crippen LogP contribution in [-0.4, -0.2) is 41.9 Å². The summed E-state index contributed by atoms with van der Waals surface area (Å²) in [6.45, 7) is 4.90. The van der Waals surface area contributed by atoms with Gasteiger partial charge < -0.3 is 14.1 Å². The second kappa shape index (κ2) is 7.28. The highest BCUT2D eigenvalue weighted by Crippen LogP contribution is 2.20. The van der Waals surface area contributed by atoms with Crippen LogP contribution in [0.1, 0.15) is 11.5 Å². The lowest BCUT2D eigenvalue weighted by Gasteiger charge is -2.26. The van der Waals surface area contributed by atoms with Crippen molar-refractivity contribution >= 4 is 17.8 Å². The van der Waals surface area contributed by atoms with Crippen molar-refractivity contribution in [3.05, 3.63) is 64.3 Å². The average Bonchev–Trinajstić information content (AvgIpc) is 3.26. The zero-order chi connectivity index (χ0) is 18.8. The fourth-order valence-corrected chi connectivity index (χ4v) is 3.20. The lowest BCUT2D eigenvalue weighted by atomic mass is 10.3. The van der Waals surface area contributed by atoms with Crippen molar-refractivity contribution in [2.75, 3.05) is 31.2 Å². The first-order valence-corrected chi connectivity index (χ1v) is 8.96. The van der Waals surface area contributed by atoms with Crippen molar-refractivity contribution in [2.45, 2.75) is 6.92 Å². The van der Waals surface area contributed by atoms with Gasteiger partial charge in [-0.05, 0) is 25.1 Å². The zero-order valence-electron chi connectivity index (χ0n) is 15.5. The molecule has 1 aliphatic heterocycles. The standard InChI is InChI=1S/C20H22N4O3/c1-15-19(20(25)24(22(15)2)16-6-4-3-5-7-16)21-14-17-8-9-18(27-17)23-10-12-26-13-11-23/h3-9,14H,10-13H2,1-2H3. The van der Waals surface area contributed by atoms with Crippen molar-refractivity contribution < 1.29 is 9.15 Å². The fourth-order valence-electron chi connectivity index (χ4n) is 3.20. The highest BCUT2D eigenvalue weighted by atomic mass is 16.5. The van der Waals surface area contributed by atoms with Gasteiger partial charge in [0.1, 0.15) is 5.76 Å². The molecular weight excluding hydrogens is 344 g/mol. The lowest BCUT2D eigenvalue weighted by Crippen LogP contribution is -2.35. The van der Waals surface area contributed by atoms with Crippen LogP contribution in [0.2, 0.25) is 0 Å². The van der Waals surface area contributed by atoms with Crippen LogP contribution in [0.5, 0.6) is 0 Å². The maximum Gasteiger partial charge on any atom is 0.297 e. The van der Waals surface area contributed by atoms with Crippen molar-refractivity contribution in [2.24, 2.45) is 12.0 Å². The summed E-state index contributed by atoms with van der Waals surface area (Å²) in [5, 5.41) is 0. The molecule has 0 bridgehead atoms. The highest BCUT2D eigenvalue weighted by molar-refractivity contribution is 5.79. The van der Waals surface area contributed by atoms with E-state index < -0.39 is 0 Å². The Labute approximate surface area is 157 Å². The summed E-state index contributed by atoms with van der Waals surface area (Å²) in [6, 6.07) is 13.3. The number of morpholine rings is 1. The van der Waals surface area contributed by atoms with Crippen molar-refractivity contribution in [1.82, 2.24) is 9.36 Å². The quantitative estimate of drug-likeness (QED) is 0.666. The Morgan fingerprint density at radius 1 is 1.07 bits per heavy atom. The van der Waals surface area contributed by atoms with Gasteiger partial charge in [-0.2, -0.15) is 0 Å². The van der Waals surface area contributed by atoms with Gasteiger partial charge in [-0.1, -0.05) is 18.2 Å². The first kappa shape index (κ1) is 17.4. The minimum absolute atomic E-state index is 0.155. The molecular formula is C20H22N4O3. The summed E-state index contributed by atoms with van der Waals surface area (Å²) in [5.41, 5.74) is 1.85. The Kier molecular flexibility index (Phi) is 4.68. The summed E-state index contributed by atoms with van der Waals surface area (Å²) >= 11 is 0. The molecule has 0 atom stereocenters. The largest absolute Gasteiger partial charge is 0.440 e. The molecule has 1 saturated heterocycles. The van der Waals surface area contributed by atoms with Crippen molar-refractivity contribution in [3.63, 3.8) is 0 Å². The molecule has 0 aliphatic carbocycles. The van der Waals surface area contributed by atoms with Gasteiger partial charge >= 0.3 is 0 Å². The topological polar surface area (TPSA) is 64.9 Å². The number of hydrogen-bond acceptors (Lipinski definition) is 5. The average molecular weight is 366 g/mol. The number of ether oxygens (including phenoxy) is 1. The second-order valence-corrected chi connectivity index (χ2v) is 6.44. The minimum atomic E-state index is -0.155. The second-order valence-electron chi connectivity index (χ2n) is 6.44. The fraction of sp³-hybridized carbons (Fsp3) is 0.300. The zero-order valence-corrected chi connectivity index (χ0v) is 15.5. The molecule has 3 heterocycles. The molecule has 0 radical (unpaired) electrons. The molecule has 2 aromatic heterocycles. The van der Waals surface area contributed by atoms with Crippen LogP contribution in [-0.2, 0) is 11.8 Å². The monoisotopic (exact) mass is 366 g/mol. The number of para-hydroxylation sites is 1. The molecule has 0 unspecified atom stereocenters. The predicted octanol–water partition coefficient (Wildman–Crippen LogP) is 2.66. The molecule has 0 saturated carbocycles. The van der Waals surface area contributed by atoms with E-state index in [1.54, 1.807) is 10.9 Å². The molecule has 4 rings (SSSR count). The number of rotatable bonds is 4. The van der Waals surface area contributed by atoms with Gasteiger partial charge in [-0.3, -0.25) is 9.48 Å². The van der Waals surface area contributed by atoms with Crippen LogP contribution in [0.3, 0.4) is 0 Å². The summed E-state index contributed by atoms with van der Waals surface area (Å²) in [4.78, 5) is 19.4. The third-order valence-electron chi connectivity index (χ3n) is 4.78. The normalized spacial score (nSPS) is 15.0. The number of furan rings is 1. The molecule has 7 heteroatoms. The van der Waals surface area contributed by atoms with E-state index in [9.17, 15) is 4.79 Å². The Morgan fingerprint density at radius 3 is 2.56 bits per heavy atom. The van der Waals surface area contributed by atoms with Crippen LogP contribution in [0.25, 0.3) is 5.69 Å². The summed E-state index contributed by atoms with van der Waals surface area (Å²) in [5.74, 6) is 1.41. The van der Waals surface area contributed by atoms with Crippen LogP contribution in [0.4, 0.5) is 11.6 Å². The molecule has 27 heavy (non-hydrogen) atoms. The molecule has 1 fully saturated rings. The number of anilines is 1. The van der Waals surface area contributed by atoms with E-state index in [0.717, 1.165) is 30.4 Å². The predicted molar refractivity (Wildman–Crippen MR) is 105 cm³/mol. The van der Waals surface area contributed by atoms with Crippen LogP contribution < -0.4 is 10.5 Å². The Balaban J connectivity index is 1.62. The maximum atomic E-state index is 12.9. The smallest absolute Gasteiger partial charge is 0.297 e. The van der Waals surface area contributed by atoms with Gasteiger partial charge in [-0.15, -0.1) is 0 Å². The van der Waals surface area contributed by atoms with Crippen LogP contribution in [0, 0.1) is 6.92 Å². The number of aromatic nitrogens is 2. The third-order valence-corrected chi connectivity index (χ3v) is 4.78. The number of aliphatic imine (C=N–C) groups is 1. The first-order chi connectivity index (χ1) is 13.1. The van der Waals surface area contributed by atoms with E-state index in [1.807, 2.05) is 61.1 Å². The molecule has 3 aromatic rings. The van der Waals surface area contributed by atoms with Gasteiger partial charge in [0.05, 0.1) is 30.8 Å². The SMILES string of the molecule is Cc1c(N=Cc2ccc(N3CCOCC3)o2)c(=O)n(-c2ccccc2)n1C. The van der Waals surface area contributed by atoms with E-state index in [-0.39, 0.29) is 5.56 Å². The van der Waals surface area contributed by atoms with Gasteiger partial charge in [0, 0.05) is 26.2 Å². The molecule has 140 valence electrons. The number of benzene rings is 1. The van der Waals surface area contributed by atoms with Gasteiger partial charge in [0.2, 0.25) is 0 Å². The van der Waals surface area contributed by atoms with E-state index in [1.165, 1.54) is 0 Å². The van der Waals surface area contributed by atoms with E-state index in [2.05, 4.69) is 9.89 Å². The number of hydrogen-bond donors (Lipinski definition) is 0. The Morgan fingerprint density at radius 2 is 1.81 bits per heavy atom. The molecule has 0 spiro atoms. The molecule has 0 amide bonds. The Bertz CT molecular complexity index is 1010. The van der Waals surface area contributed by atoms with Gasteiger partial charge in [-0.25, -0.2) is 9.67 Å². The van der Waals surface area contributed by atoms with E-state index in [0.29, 0.717) is 24.7 Å². The Hall–Kier alpha value is -3.06. The molecule has 0 N–H and O–H groups in total. The third kappa shape index (κ3) is 3.33. The van der Waals surface area contributed by atoms with Crippen LogP contribution in [0.15, 0.2) is 56.7 Å². The highest BCUT2D eigenvalue weighted by Gasteiger charge is 2.16. The van der Waals surface area contributed by atoms with Crippen LogP contribution >= 0.6 is 0 Å². The van der Waals surface area contributed by atoms with E-state index in [4.69, 9.17) is 9.15 Å². The van der Waals surface area contributed by atoms with Crippen molar-refractivity contribution in [1.29, 1.82) is 0 Å². The summed E-state index contributed by atoms with van der Waals surface area (Å²) < 4.78 is 14.6. The molecule has 1 aromatic carbocycles. The summed E-state index contributed by atoms with van der Waals surface area (Å²) in [6.07, 6.45) is 1.60. The number of nitrogens with zero attached hydrogens (tertiary/aromatic N) is 4. The van der Waals surface area contributed by atoms with E-state index >= 15 is 0 Å². The first-order valence-electron chi connectivity index (χ1n) is 8.96. The lowest BCUT2D eigenvalue weighted by molar-refractivity contribution is 0.120. The maximum absolute atomic E-state index is 12.9. The van der Waals surface area contributed by atoms with Gasteiger partial charge in [0.15, 0.2) is 11.6 Å². The summed E-state index contributed by atoms with van der Waals surface area (Å²) in [7, 11) is 1.85. The van der Waals surface area contributed by atoms with Crippen molar-refractivity contribution in [3.8, 4) is 5.69 Å².